The molecule has 0 unspecified atom stereocenters. The molecule has 0 aliphatic carbocycles. The highest BCUT2D eigenvalue weighted by atomic mass is 32.2. The van der Waals surface area contributed by atoms with Crippen molar-refractivity contribution in [1.29, 1.82) is 5.41 Å². The van der Waals surface area contributed by atoms with E-state index in [1.54, 1.807) is 29.3 Å². The molecule has 0 fully saturated rings. The number of aryl methyl sites for hydroxylation is 2. The number of hydrogen-bond donors (Lipinski definition) is 2. The van der Waals surface area contributed by atoms with Crippen LogP contribution < -0.4 is 5.62 Å². The Bertz CT molecular complexity index is 724. The van der Waals surface area contributed by atoms with Crippen molar-refractivity contribution in [3.63, 3.8) is 0 Å². The number of nitrogens with one attached hydrogen (secondary N) is 1. The van der Waals surface area contributed by atoms with E-state index < -0.39 is 10.1 Å². The first-order valence-electron chi connectivity index (χ1n) is 4.50. The zero-order chi connectivity index (χ0) is 12.1. The van der Waals surface area contributed by atoms with Crippen LogP contribution in [0.15, 0.2) is 23.1 Å². The molecule has 6 nitrogen and oxygen atoms in total. The molecule has 0 atom stereocenters. The van der Waals surface area contributed by atoms with E-state index in [9.17, 15) is 8.42 Å². The minimum atomic E-state index is -4.20. The van der Waals surface area contributed by atoms with Gasteiger partial charge in [0.1, 0.15) is 0 Å². The second-order valence-electron chi connectivity index (χ2n) is 3.57. The summed E-state index contributed by atoms with van der Waals surface area (Å²) in [5.41, 5.74) is 1.57. The van der Waals surface area contributed by atoms with E-state index in [-0.39, 0.29) is 10.5 Å². The summed E-state index contributed by atoms with van der Waals surface area (Å²) < 4.78 is 34.0. The molecule has 1 aromatic heterocycles. The number of rotatable bonds is 1. The second kappa shape index (κ2) is 3.19. The minimum Gasteiger partial charge on any atom is -0.313 e. The molecule has 0 saturated carbocycles. The Morgan fingerprint density at radius 1 is 1.19 bits per heavy atom. The highest BCUT2D eigenvalue weighted by molar-refractivity contribution is 7.85. The van der Waals surface area contributed by atoms with E-state index in [1.807, 2.05) is 0 Å². The topological polar surface area (TPSA) is 88.1 Å². The van der Waals surface area contributed by atoms with Crippen molar-refractivity contribution >= 4 is 21.2 Å². The molecule has 7 heteroatoms. The molecule has 0 aliphatic rings. The van der Waals surface area contributed by atoms with Crippen LogP contribution >= 0.6 is 0 Å². The maximum atomic E-state index is 11.0. The number of nitrogens with zero attached hydrogens (tertiary/aromatic N) is 2. The summed E-state index contributed by atoms with van der Waals surface area (Å²) >= 11 is 0. The van der Waals surface area contributed by atoms with Crippen LogP contribution in [0.5, 0.6) is 0 Å². The van der Waals surface area contributed by atoms with Crippen LogP contribution in [0.2, 0.25) is 0 Å². The van der Waals surface area contributed by atoms with Crippen molar-refractivity contribution in [2.24, 2.45) is 14.1 Å². The molecule has 2 aromatic rings. The zero-order valence-electron chi connectivity index (χ0n) is 8.80. The van der Waals surface area contributed by atoms with Gasteiger partial charge in [0.15, 0.2) is 0 Å². The fourth-order valence-corrected chi connectivity index (χ4v) is 2.17. The highest BCUT2D eigenvalue weighted by Crippen LogP contribution is 2.17. The van der Waals surface area contributed by atoms with Gasteiger partial charge in [-0.05, 0) is 18.2 Å². The molecule has 2 N–H and O–H groups in total. The Balaban J connectivity index is 2.93. The van der Waals surface area contributed by atoms with Gasteiger partial charge in [-0.3, -0.25) is 9.96 Å². The molecule has 0 spiro atoms. The number of hydrogen-bond acceptors (Lipinski definition) is 3. The molecule has 86 valence electrons. The van der Waals surface area contributed by atoms with Gasteiger partial charge in [0.2, 0.25) is 5.62 Å². The van der Waals surface area contributed by atoms with Crippen molar-refractivity contribution < 1.29 is 13.0 Å². The summed E-state index contributed by atoms with van der Waals surface area (Å²) in [4.78, 5) is -0.166. The van der Waals surface area contributed by atoms with Crippen molar-refractivity contribution in [1.82, 2.24) is 9.13 Å². The van der Waals surface area contributed by atoms with Gasteiger partial charge in [0, 0.05) is 14.1 Å². The first-order valence-corrected chi connectivity index (χ1v) is 5.94. The molecule has 0 saturated heterocycles. The smallest absolute Gasteiger partial charge is 0.294 e. The van der Waals surface area contributed by atoms with Gasteiger partial charge in [0.05, 0.1) is 15.9 Å². The third kappa shape index (κ3) is 1.44. The monoisotopic (exact) mass is 241 g/mol. The maximum absolute atomic E-state index is 11.0. The summed E-state index contributed by atoms with van der Waals surface area (Å²) in [6.07, 6.45) is 0. The highest BCUT2D eigenvalue weighted by Gasteiger charge is 2.13. The molecule has 2 rings (SSSR count). The van der Waals surface area contributed by atoms with Crippen LogP contribution in [-0.2, 0) is 24.2 Å². The molecule has 1 aromatic carbocycles. The van der Waals surface area contributed by atoms with E-state index in [0.717, 1.165) is 5.52 Å². The van der Waals surface area contributed by atoms with Crippen LogP contribution in [0, 0.1) is 5.41 Å². The van der Waals surface area contributed by atoms with E-state index in [0.29, 0.717) is 5.52 Å². The lowest BCUT2D eigenvalue weighted by Crippen LogP contribution is -2.19. The first kappa shape index (κ1) is 10.9. The lowest BCUT2D eigenvalue weighted by molar-refractivity contribution is 0.483. The van der Waals surface area contributed by atoms with Gasteiger partial charge in [-0.1, -0.05) is 0 Å². The predicted molar refractivity (Wildman–Crippen MR) is 57.6 cm³/mol. The van der Waals surface area contributed by atoms with Gasteiger partial charge in [0.25, 0.3) is 10.1 Å². The summed E-state index contributed by atoms with van der Waals surface area (Å²) in [6, 6.07) is 4.23. The van der Waals surface area contributed by atoms with Gasteiger partial charge >= 0.3 is 0 Å². The van der Waals surface area contributed by atoms with Crippen molar-refractivity contribution in [3.05, 3.63) is 23.8 Å². The predicted octanol–water partition coefficient (Wildman–Crippen LogP) is 0.243. The Kier molecular flexibility index (Phi) is 2.18. The SMILES string of the molecule is Cn1c(=N)n(C)c2cc(S(=O)(=O)O)ccc21. The van der Waals surface area contributed by atoms with Crippen molar-refractivity contribution in [2.45, 2.75) is 4.90 Å². The number of benzene rings is 1. The van der Waals surface area contributed by atoms with Gasteiger partial charge < -0.3 is 9.13 Å². The van der Waals surface area contributed by atoms with Crippen LogP contribution in [0.4, 0.5) is 0 Å². The van der Waals surface area contributed by atoms with Crippen LogP contribution in [-0.4, -0.2) is 22.1 Å². The van der Waals surface area contributed by atoms with Gasteiger partial charge in [-0.25, -0.2) is 0 Å². The number of fused-ring (bicyclic) bond motifs is 1. The van der Waals surface area contributed by atoms with Gasteiger partial charge in [-0.15, -0.1) is 0 Å². The van der Waals surface area contributed by atoms with E-state index in [2.05, 4.69) is 0 Å². The molecule has 1 heterocycles. The van der Waals surface area contributed by atoms with Crippen LogP contribution in [0.25, 0.3) is 11.0 Å². The average Bonchev–Trinajstić information content (AvgIpc) is 2.43. The fraction of sp³-hybridized carbons (Fsp3) is 0.222. The molecular formula is C9H11N3O3S. The van der Waals surface area contributed by atoms with E-state index in [1.165, 1.54) is 12.1 Å². The molecular weight excluding hydrogens is 230 g/mol. The Morgan fingerprint density at radius 2 is 1.75 bits per heavy atom. The third-order valence-corrected chi connectivity index (χ3v) is 3.45. The Labute approximate surface area is 92.0 Å². The largest absolute Gasteiger partial charge is 0.313 e. The molecule has 16 heavy (non-hydrogen) atoms. The average molecular weight is 241 g/mol. The number of aromatic nitrogens is 2. The van der Waals surface area contributed by atoms with Crippen molar-refractivity contribution in [3.8, 4) is 0 Å². The van der Waals surface area contributed by atoms with Crippen LogP contribution in [0.1, 0.15) is 0 Å². The standard InChI is InChI=1S/C9H11N3O3S/c1-11-7-4-3-6(16(13,14)15)5-8(7)12(2)9(11)10/h3-5,10H,1-2H3,(H,13,14,15). The molecule has 0 bridgehead atoms. The maximum Gasteiger partial charge on any atom is 0.294 e. The first-order chi connectivity index (χ1) is 7.32. The molecule has 0 radical (unpaired) electrons. The molecule has 0 amide bonds. The Morgan fingerprint density at radius 3 is 2.31 bits per heavy atom. The van der Waals surface area contributed by atoms with Gasteiger partial charge in [-0.2, -0.15) is 8.42 Å². The fourth-order valence-electron chi connectivity index (χ4n) is 1.67. The summed E-state index contributed by atoms with van der Waals surface area (Å²) in [7, 11) is -0.813. The summed E-state index contributed by atoms with van der Waals surface area (Å²) in [6.45, 7) is 0. The van der Waals surface area contributed by atoms with E-state index >= 15 is 0 Å². The van der Waals surface area contributed by atoms with Crippen LogP contribution in [0.3, 0.4) is 0 Å². The Hall–Kier alpha value is -1.60. The van der Waals surface area contributed by atoms with Crippen molar-refractivity contribution in [2.75, 3.05) is 0 Å². The second-order valence-corrected chi connectivity index (χ2v) is 4.99. The number of imidazole rings is 1. The summed E-state index contributed by atoms with van der Waals surface area (Å²) in [5, 5.41) is 7.71. The minimum absolute atomic E-state index is 0.166. The quantitative estimate of drug-likeness (QED) is 0.701. The zero-order valence-corrected chi connectivity index (χ0v) is 9.61. The van der Waals surface area contributed by atoms with E-state index in [4.69, 9.17) is 9.96 Å². The molecule has 0 aliphatic heterocycles. The summed E-state index contributed by atoms with van der Waals surface area (Å²) in [5.74, 6) is 0. The normalized spacial score (nSPS) is 12.2. The lowest BCUT2D eigenvalue weighted by atomic mass is 10.3. The lowest BCUT2D eigenvalue weighted by Gasteiger charge is -1.99. The third-order valence-electron chi connectivity index (χ3n) is 2.60.